The molecule has 1 fully saturated rings. The summed E-state index contributed by atoms with van der Waals surface area (Å²) in [5.41, 5.74) is 6.73. The van der Waals surface area contributed by atoms with Crippen LogP contribution in [0.3, 0.4) is 0 Å². The van der Waals surface area contributed by atoms with Crippen molar-refractivity contribution in [2.24, 2.45) is 5.73 Å². The van der Waals surface area contributed by atoms with Crippen LogP contribution in [-0.4, -0.2) is 17.1 Å². The van der Waals surface area contributed by atoms with E-state index in [0.29, 0.717) is 12.2 Å². The van der Waals surface area contributed by atoms with Gasteiger partial charge in [-0.25, -0.2) is 0 Å². The maximum absolute atomic E-state index is 10.9. The van der Waals surface area contributed by atoms with Gasteiger partial charge in [0.1, 0.15) is 0 Å². The summed E-state index contributed by atoms with van der Waals surface area (Å²) in [5, 5.41) is 10.9. The van der Waals surface area contributed by atoms with Crippen LogP contribution in [0.4, 0.5) is 5.69 Å². The lowest BCUT2D eigenvalue weighted by atomic mass is 9.83. The number of hydrogen-bond acceptors (Lipinski definition) is 4. The fourth-order valence-electron chi connectivity index (χ4n) is 2.58. The second kappa shape index (κ2) is 6.12. The Morgan fingerprint density at radius 1 is 1.26 bits per heavy atom. The lowest BCUT2D eigenvalue weighted by Crippen LogP contribution is -2.46. The molecule has 0 spiro atoms. The summed E-state index contributed by atoms with van der Waals surface area (Å²) in [7, 11) is 0. The van der Waals surface area contributed by atoms with Gasteiger partial charge in [0.25, 0.3) is 5.69 Å². The van der Waals surface area contributed by atoms with Crippen molar-refractivity contribution in [1.82, 2.24) is 0 Å². The number of rotatable bonds is 5. The molecule has 2 rings (SSSR count). The number of nitrogens with two attached hydrogens (primary N) is 1. The number of hydrogen-bond donors (Lipinski definition) is 1. The molecule has 0 saturated heterocycles. The number of ether oxygens (including phenoxy) is 1. The molecule has 1 aliphatic carbocycles. The van der Waals surface area contributed by atoms with Gasteiger partial charge in [0.05, 0.1) is 23.7 Å². The molecule has 1 aromatic carbocycles. The van der Waals surface area contributed by atoms with Gasteiger partial charge in [-0.15, -0.1) is 0 Å². The van der Waals surface area contributed by atoms with Crippen molar-refractivity contribution in [2.45, 2.75) is 44.2 Å². The van der Waals surface area contributed by atoms with Gasteiger partial charge in [0.15, 0.2) is 0 Å². The maximum Gasteiger partial charge on any atom is 0.274 e. The first-order chi connectivity index (χ1) is 9.11. The minimum absolute atomic E-state index is 0.109. The molecule has 19 heavy (non-hydrogen) atoms. The number of benzene rings is 1. The normalized spacial score (nSPS) is 18.2. The van der Waals surface area contributed by atoms with Gasteiger partial charge in [0, 0.05) is 11.6 Å². The van der Waals surface area contributed by atoms with Gasteiger partial charge in [-0.3, -0.25) is 10.1 Å². The van der Waals surface area contributed by atoms with Gasteiger partial charge in [-0.1, -0.05) is 31.4 Å². The quantitative estimate of drug-likeness (QED) is 0.655. The molecule has 104 valence electrons. The highest BCUT2D eigenvalue weighted by Crippen LogP contribution is 2.27. The van der Waals surface area contributed by atoms with Crippen LogP contribution in [0.25, 0.3) is 0 Å². The molecular formula is C14H20N2O3. The van der Waals surface area contributed by atoms with Crippen LogP contribution in [0.5, 0.6) is 0 Å². The average Bonchev–Trinajstić information content (AvgIpc) is 2.40. The number of nitro groups is 1. The van der Waals surface area contributed by atoms with Crippen molar-refractivity contribution in [1.29, 1.82) is 0 Å². The standard InChI is InChI=1S/C14H20N2O3/c15-14(8-4-1-5-9-14)11-19-10-12-6-2-3-7-13(12)16(17)18/h2-3,6-7H,1,4-5,8-11,15H2. The molecule has 0 radical (unpaired) electrons. The van der Waals surface area contributed by atoms with E-state index in [1.165, 1.54) is 12.5 Å². The summed E-state index contributed by atoms with van der Waals surface area (Å²) in [6.45, 7) is 0.717. The fourth-order valence-corrected chi connectivity index (χ4v) is 2.58. The third-order valence-electron chi connectivity index (χ3n) is 3.68. The van der Waals surface area contributed by atoms with E-state index in [2.05, 4.69) is 0 Å². The highest BCUT2D eigenvalue weighted by molar-refractivity contribution is 5.39. The van der Waals surface area contributed by atoms with E-state index in [0.717, 1.165) is 25.7 Å². The molecule has 0 heterocycles. The van der Waals surface area contributed by atoms with Crippen LogP contribution < -0.4 is 5.73 Å². The average molecular weight is 264 g/mol. The molecule has 5 heteroatoms. The van der Waals surface area contributed by atoms with E-state index in [9.17, 15) is 10.1 Å². The van der Waals surface area contributed by atoms with E-state index in [1.807, 2.05) is 0 Å². The molecule has 0 unspecified atom stereocenters. The van der Waals surface area contributed by atoms with Gasteiger partial charge in [-0.05, 0) is 18.9 Å². The highest BCUT2D eigenvalue weighted by atomic mass is 16.6. The first-order valence-electron chi connectivity index (χ1n) is 6.70. The Kier molecular flexibility index (Phi) is 4.50. The number of para-hydroxylation sites is 1. The third kappa shape index (κ3) is 3.75. The summed E-state index contributed by atoms with van der Waals surface area (Å²) in [5.74, 6) is 0. The SMILES string of the molecule is NC1(COCc2ccccc2[N+](=O)[O-])CCCCC1. The predicted octanol–water partition coefficient (Wildman–Crippen LogP) is 2.77. The van der Waals surface area contributed by atoms with Crippen molar-refractivity contribution in [3.05, 3.63) is 39.9 Å². The van der Waals surface area contributed by atoms with Gasteiger partial charge in [-0.2, -0.15) is 0 Å². The van der Waals surface area contributed by atoms with Crippen LogP contribution in [0.2, 0.25) is 0 Å². The molecule has 0 atom stereocenters. The monoisotopic (exact) mass is 264 g/mol. The Labute approximate surface area is 112 Å². The second-order valence-corrected chi connectivity index (χ2v) is 5.30. The van der Waals surface area contributed by atoms with Crippen molar-refractivity contribution >= 4 is 5.69 Å². The van der Waals surface area contributed by atoms with Crippen LogP contribution in [0, 0.1) is 10.1 Å². The summed E-state index contributed by atoms with van der Waals surface area (Å²) in [6, 6.07) is 6.66. The number of nitro benzene ring substituents is 1. The zero-order chi connectivity index (χ0) is 13.7. The molecular weight excluding hydrogens is 244 g/mol. The van der Waals surface area contributed by atoms with Crippen LogP contribution in [-0.2, 0) is 11.3 Å². The molecule has 5 nitrogen and oxygen atoms in total. The van der Waals surface area contributed by atoms with Gasteiger partial charge < -0.3 is 10.5 Å². The highest BCUT2D eigenvalue weighted by Gasteiger charge is 2.27. The largest absolute Gasteiger partial charge is 0.375 e. The van der Waals surface area contributed by atoms with Crippen molar-refractivity contribution in [3.63, 3.8) is 0 Å². The summed E-state index contributed by atoms with van der Waals surface area (Å²) in [6.07, 6.45) is 5.48. The van der Waals surface area contributed by atoms with Crippen LogP contribution in [0.1, 0.15) is 37.7 Å². The Balaban J connectivity index is 1.90. The zero-order valence-corrected chi connectivity index (χ0v) is 11.0. The van der Waals surface area contributed by atoms with Crippen LogP contribution in [0.15, 0.2) is 24.3 Å². The predicted molar refractivity (Wildman–Crippen MR) is 72.8 cm³/mol. The fraction of sp³-hybridized carbons (Fsp3) is 0.571. The molecule has 0 amide bonds. The van der Waals surface area contributed by atoms with E-state index in [1.54, 1.807) is 18.2 Å². The Bertz CT molecular complexity index is 442. The zero-order valence-electron chi connectivity index (χ0n) is 11.0. The van der Waals surface area contributed by atoms with E-state index in [4.69, 9.17) is 10.5 Å². The minimum Gasteiger partial charge on any atom is -0.375 e. The molecule has 1 saturated carbocycles. The summed E-state index contributed by atoms with van der Waals surface area (Å²) in [4.78, 5) is 10.5. The molecule has 0 aromatic heterocycles. The third-order valence-corrected chi connectivity index (χ3v) is 3.68. The second-order valence-electron chi connectivity index (χ2n) is 5.30. The number of nitrogens with zero attached hydrogens (tertiary/aromatic N) is 1. The molecule has 1 aromatic rings. The summed E-state index contributed by atoms with van der Waals surface area (Å²) < 4.78 is 5.62. The molecule has 0 aliphatic heterocycles. The maximum atomic E-state index is 10.9. The first kappa shape index (κ1) is 14.0. The molecule has 0 bridgehead atoms. The van der Waals surface area contributed by atoms with E-state index >= 15 is 0 Å². The Hall–Kier alpha value is -1.46. The van der Waals surface area contributed by atoms with E-state index < -0.39 is 0 Å². The molecule has 1 aliphatic rings. The Morgan fingerprint density at radius 2 is 1.95 bits per heavy atom. The Morgan fingerprint density at radius 3 is 2.63 bits per heavy atom. The van der Waals surface area contributed by atoms with E-state index in [-0.39, 0.29) is 22.8 Å². The topological polar surface area (TPSA) is 78.4 Å². The van der Waals surface area contributed by atoms with Gasteiger partial charge in [0.2, 0.25) is 0 Å². The van der Waals surface area contributed by atoms with Crippen molar-refractivity contribution in [2.75, 3.05) is 6.61 Å². The lowest BCUT2D eigenvalue weighted by molar-refractivity contribution is -0.386. The van der Waals surface area contributed by atoms with Crippen LogP contribution >= 0.6 is 0 Å². The van der Waals surface area contributed by atoms with Gasteiger partial charge >= 0.3 is 0 Å². The smallest absolute Gasteiger partial charge is 0.274 e. The lowest BCUT2D eigenvalue weighted by Gasteiger charge is -2.32. The summed E-state index contributed by atoms with van der Waals surface area (Å²) >= 11 is 0. The minimum atomic E-state index is -0.377. The first-order valence-corrected chi connectivity index (χ1v) is 6.70. The van der Waals surface area contributed by atoms with Crippen molar-refractivity contribution < 1.29 is 9.66 Å². The van der Waals surface area contributed by atoms with Crippen molar-refractivity contribution in [3.8, 4) is 0 Å². The molecule has 2 N–H and O–H groups in total.